The number of carbonyl (C=O) groups is 2. The molecule has 2 unspecified atom stereocenters. The maximum Gasteiger partial charge on any atom is 0.309 e. The summed E-state index contributed by atoms with van der Waals surface area (Å²) in [5.41, 5.74) is 0.806. The number of halogens is 1. The van der Waals surface area contributed by atoms with Crippen LogP contribution in [-0.4, -0.2) is 17.0 Å². The number of rotatable bonds is 2. The van der Waals surface area contributed by atoms with E-state index in [1.165, 1.54) is 0 Å². The molecule has 4 nitrogen and oxygen atoms in total. The molecule has 1 aromatic carbocycles. The third kappa shape index (κ3) is 1.95. The highest BCUT2D eigenvalue weighted by atomic mass is 79.9. The Hall–Kier alpha value is -1.36. The Morgan fingerprint density at radius 2 is 2.12 bits per heavy atom. The summed E-state index contributed by atoms with van der Waals surface area (Å²) >= 11 is 3.36. The van der Waals surface area contributed by atoms with E-state index in [1.54, 1.807) is 0 Å². The Kier molecular flexibility index (Phi) is 2.96. The van der Waals surface area contributed by atoms with Crippen LogP contribution in [0.15, 0.2) is 28.7 Å². The van der Waals surface area contributed by atoms with Gasteiger partial charge in [0.25, 0.3) is 0 Å². The molecule has 0 radical (unpaired) electrons. The first kappa shape index (κ1) is 11.1. The van der Waals surface area contributed by atoms with Crippen LogP contribution in [0.3, 0.4) is 0 Å². The molecule has 1 saturated heterocycles. The van der Waals surface area contributed by atoms with Crippen LogP contribution in [0.2, 0.25) is 0 Å². The van der Waals surface area contributed by atoms with E-state index >= 15 is 0 Å². The summed E-state index contributed by atoms with van der Waals surface area (Å²) in [5.74, 6) is -1.85. The van der Waals surface area contributed by atoms with Gasteiger partial charge in [0.2, 0.25) is 5.91 Å². The zero-order valence-corrected chi connectivity index (χ0v) is 9.90. The molecule has 0 aromatic heterocycles. The van der Waals surface area contributed by atoms with Crippen molar-refractivity contribution in [1.29, 1.82) is 0 Å². The fourth-order valence-corrected chi connectivity index (χ4v) is 2.43. The lowest BCUT2D eigenvalue weighted by molar-refractivity contribution is -0.142. The highest BCUT2D eigenvalue weighted by Crippen LogP contribution is 2.34. The van der Waals surface area contributed by atoms with Crippen molar-refractivity contribution in [1.82, 2.24) is 5.32 Å². The topological polar surface area (TPSA) is 66.4 Å². The summed E-state index contributed by atoms with van der Waals surface area (Å²) < 4.78 is 0.813. The third-order valence-electron chi connectivity index (χ3n) is 2.68. The van der Waals surface area contributed by atoms with Crippen LogP contribution in [0.5, 0.6) is 0 Å². The fraction of sp³-hybridized carbons (Fsp3) is 0.273. The zero-order valence-electron chi connectivity index (χ0n) is 8.31. The molecule has 0 aliphatic carbocycles. The summed E-state index contributed by atoms with van der Waals surface area (Å²) in [7, 11) is 0. The standard InChI is InChI=1S/C11H10BrNO3/c12-8-4-2-1-3-6(8)10-7(11(15)16)5-9(14)13-10/h1-4,7,10H,5H2,(H,13,14)(H,15,16). The van der Waals surface area contributed by atoms with Crippen LogP contribution in [0.1, 0.15) is 18.0 Å². The lowest BCUT2D eigenvalue weighted by Gasteiger charge is -2.17. The Balaban J connectivity index is 2.36. The number of aliphatic carboxylic acids is 1. The summed E-state index contributed by atoms with van der Waals surface area (Å²) in [6, 6.07) is 6.87. The molecule has 84 valence electrons. The Morgan fingerprint density at radius 1 is 1.44 bits per heavy atom. The monoisotopic (exact) mass is 283 g/mol. The molecule has 16 heavy (non-hydrogen) atoms. The predicted octanol–water partition coefficient (Wildman–Crippen LogP) is 1.71. The van der Waals surface area contributed by atoms with E-state index in [9.17, 15) is 9.59 Å². The molecular formula is C11H10BrNO3. The van der Waals surface area contributed by atoms with E-state index in [0.29, 0.717) is 0 Å². The number of hydrogen-bond donors (Lipinski definition) is 2. The van der Waals surface area contributed by atoms with E-state index in [0.717, 1.165) is 10.0 Å². The average molecular weight is 284 g/mol. The minimum absolute atomic E-state index is 0.0430. The van der Waals surface area contributed by atoms with Crippen molar-refractivity contribution >= 4 is 27.8 Å². The molecular weight excluding hydrogens is 274 g/mol. The molecule has 0 bridgehead atoms. The zero-order chi connectivity index (χ0) is 11.7. The molecule has 2 rings (SSSR count). The van der Waals surface area contributed by atoms with Gasteiger partial charge in [-0.2, -0.15) is 0 Å². The molecule has 1 aliphatic rings. The van der Waals surface area contributed by atoms with E-state index in [-0.39, 0.29) is 12.3 Å². The quantitative estimate of drug-likeness (QED) is 0.868. The van der Waals surface area contributed by atoms with Crippen LogP contribution >= 0.6 is 15.9 Å². The van der Waals surface area contributed by atoms with Crippen molar-refractivity contribution in [2.75, 3.05) is 0 Å². The van der Waals surface area contributed by atoms with Crippen LogP contribution in [-0.2, 0) is 9.59 Å². The van der Waals surface area contributed by atoms with Gasteiger partial charge in [-0.3, -0.25) is 9.59 Å². The normalized spacial score (nSPS) is 24.2. The number of nitrogens with one attached hydrogen (secondary N) is 1. The van der Waals surface area contributed by atoms with Crippen LogP contribution in [0.25, 0.3) is 0 Å². The van der Waals surface area contributed by atoms with Crippen molar-refractivity contribution in [3.8, 4) is 0 Å². The predicted molar refractivity (Wildman–Crippen MR) is 60.8 cm³/mol. The van der Waals surface area contributed by atoms with Gasteiger partial charge in [-0.05, 0) is 11.6 Å². The Bertz CT molecular complexity index is 447. The van der Waals surface area contributed by atoms with Gasteiger partial charge in [0.15, 0.2) is 0 Å². The van der Waals surface area contributed by atoms with Gasteiger partial charge in [-0.25, -0.2) is 0 Å². The molecule has 5 heteroatoms. The van der Waals surface area contributed by atoms with Gasteiger partial charge in [0, 0.05) is 10.9 Å². The summed E-state index contributed by atoms with van der Waals surface area (Å²) in [5, 5.41) is 11.7. The molecule has 1 heterocycles. The number of hydrogen-bond acceptors (Lipinski definition) is 2. The van der Waals surface area contributed by atoms with Crippen molar-refractivity contribution in [2.24, 2.45) is 5.92 Å². The minimum Gasteiger partial charge on any atom is -0.481 e. The second-order valence-electron chi connectivity index (χ2n) is 3.72. The van der Waals surface area contributed by atoms with Crippen LogP contribution in [0, 0.1) is 5.92 Å². The highest BCUT2D eigenvalue weighted by molar-refractivity contribution is 9.10. The largest absolute Gasteiger partial charge is 0.481 e. The lowest BCUT2D eigenvalue weighted by Crippen LogP contribution is -2.24. The van der Waals surface area contributed by atoms with Crippen molar-refractivity contribution in [3.63, 3.8) is 0 Å². The molecule has 2 N–H and O–H groups in total. The molecule has 1 amide bonds. The number of carbonyl (C=O) groups excluding carboxylic acids is 1. The Labute approximate surface area is 101 Å². The summed E-state index contributed by atoms with van der Waals surface area (Å²) in [4.78, 5) is 22.3. The summed E-state index contributed by atoms with van der Waals surface area (Å²) in [6.07, 6.45) is 0.0430. The van der Waals surface area contributed by atoms with Gasteiger partial charge >= 0.3 is 5.97 Å². The smallest absolute Gasteiger partial charge is 0.309 e. The number of carboxylic acids is 1. The number of amides is 1. The van der Waals surface area contributed by atoms with Gasteiger partial charge in [-0.15, -0.1) is 0 Å². The number of benzene rings is 1. The van der Waals surface area contributed by atoms with Crippen molar-refractivity contribution < 1.29 is 14.7 Å². The fourth-order valence-electron chi connectivity index (χ4n) is 1.90. The van der Waals surface area contributed by atoms with Crippen LogP contribution < -0.4 is 5.32 Å². The molecule has 1 aromatic rings. The first-order valence-electron chi connectivity index (χ1n) is 4.86. The SMILES string of the molecule is O=C1CC(C(=O)O)C(c2ccccc2Br)N1. The molecule has 2 atom stereocenters. The lowest BCUT2D eigenvalue weighted by atomic mass is 9.94. The Morgan fingerprint density at radius 3 is 2.75 bits per heavy atom. The molecule has 1 aliphatic heterocycles. The van der Waals surface area contributed by atoms with E-state index < -0.39 is 17.9 Å². The second kappa shape index (κ2) is 4.25. The summed E-state index contributed by atoms with van der Waals surface area (Å²) in [6.45, 7) is 0. The van der Waals surface area contributed by atoms with Gasteiger partial charge in [0.05, 0.1) is 12.0 Å². The first-order chi connectivity index (χ1) is 7.59. The van der Waals surface area contributed by atoms with Gasteiger partial charge < -0.3 is 10.4 Å². The first-order valence-corrected chi connectivity index (χ1v) is 5.65. The van der Waals surface area contributed by atoms with Crippen molar-refractivity contribution in [3.05, 3.63) is 34.3 Å². The second-order valence-corrected chi connectivity index (χ2v) is 4.57. The van der Waals surface area contributed by atoms with E-state index in [2.05, 4.69) is 21.2 Å². The minimum atomic E-state index is -0.945. The number of carboxylic acid groups (broad SMARTS) is 1. The molecule has 1 fully saturated rings. The maximum atomic E-state index is 11.3. The van der Waals surface area contributed by atoms with E-state index in [1.807, 2.05) is 24.3 Å². The van der Waals surface area contributed by atoms with Gasteiger partial charge in [-0.1, -0.05) is 34.1 Å². The molecule has 0 saturated carbocycles. The van der Waals surface area contributed by atoms with E-state index in [4.69, 9.17) is 5.11 Å². The maximum absolute atomic E-state index is 11.3. The molecule has 0 spiro atoms. The van der Waals surface area contributed by atoms with Crippen molar-refractivity contribution in [2.45, 2.75) is 12.5 Å². The van der Waals surface area contributed by atoms with Crippen LogP contribution in [0.4, 0.5) is 0 Å². The average Bonchev–Trinajstić information content (AvgIpc) is 2.61. The third-order valence-corrected chi connectivity index (χ3v) is 3.40. The highest BCUT2D eigenvalue weighted by Gasteiger charge is 2.39. The van der Waals surface area contributed by atoms with Gasteiger partial charge in [0.1, 0.15) is 0 Å².